The van der Waals surface area contributed by atoms with E-state index in [2.05, 4.69) is 10.3 Å². The number of nitrogens with zero attached hydrogens (tertiary/aromatic N) is 1. The number of hydrogen-bond acceptors (Lipinski definition) is 3. The van der Waals surface area contributed by atoms with Gasteiger partial charge in [-0.2, -0.15) is 0 Å². The fraction of sp³-hybridized carbons (Fsp3) is 0.133. The van der Waals surface area contributed by atoms with E-state index >= 15 is 0 Å². The average molecular weight is 374 g/mol. The quantitative estimate of drug-likeness (QED) is 0.819. The van der Waals surface area contributed by atoms with Crippen molar-refractivity contribution in [3.05, 3.63) is 44.5 Å². The first-order valence-corrected chi connectivity index (χ1v) is 7.52. The molecule has 5 nitrogen and oxygen atoms in total. The average Bonchev–Trinajstić information content (AvgIpc) is 2.46. The zero-order chi connectivity index (χ0) is 17.3. The van der Waals surface area contributed by atoms with Crippen molar-refractivity contribution in [2.45, 2.75) is 13.8 Å². The highest BCUT2D eigenvalue weighted by molar-refractivity contribution is 6.38. The molecule has 0 aliphatic carbocycles. The normalized spacial score (nSPS) is 10.5. The number of carbonyl (C=O) groups is 2. The Morgan fingerprint density at radius 1 is 1.17 bits per heavy atom. The summed E-state index contributed by atoms with van der Waals surface area (Å²) >= 11 is 18.3. The van der Waals surface area contributed by atoms with Crippen LogP contribution in [-0.4, -0.2) is 22.0 Å². The van der Waals surface area contributed by atoms with Crippen molar-refractivity contribution < 1.29 is 14.7 Å². The lowest BCUT2D eigenvalue weighted by Gasteiger charge is -2.13. The number of carboxylic acid groups (broad SMARTS) is 1. The predicted molar refractivity (Wildman–Crippen MR) is 90.7 cm³/mol. The van der Waals surface area contributed by atoms with Gasteiger partial charge in [-0.05, 0) is 30.7 Å². The smallest absolute Gasteiger partial charge is 0.356 e. The fourth-order valence-corrected chi connectivity index (χ4v) is 2.64. The second-order valence-corrected chi connectivity index (χ2v) is 5.90. The molecular weight excluding hydrogens is 363 g/mol. The highest BCUT2D eigenvalue weighted by atomic mass is 35.5. The van der Waals surface area contributed by atoms with Gasteiger partial charge in [-0.1, -0.05) is 34.8 Å². The molecule has 0 unspecified atom stereocenters. The lowest BCUT2D eigenvalue weighted by atomic mass is 10.1. The van der Waals surface area contributed by atoms with Crippen LogP contribution in [0.4, 0.5) is 5.69 Å². The van der Waals surface area contributed by atoms with Crippen LogP contribution >= 0.6 is 34.8 Å². The molecule has 1 heterocycles. The second-order valence-electron chi connectivity index (χ2n) is 4.74. The highest BCUT2D eigenvalue weighted by Gasteiger charge is 2.20. The van der Waals surface area contributed by atoms with E-state index in [1.165, 1.54) is 13.0 Å². The van der Waals surface area contributed by atoms with E-state index in [-0.39, 0.29) is 22.1 Å². The maximum Gasteiger partial charge on any atom is 0.356 e. The number of hydrogen-bond donors (Lipinski definition) is 2. The summed E-state index contributed by atoms with van der Waals surface area (Å²) in [4.78, 5) is 26.6. The molecule has 1 aromatic carbocycles. The minimum Gasteiger partial charge on any atom is -0.476 e. The molecule has 0 spiro atoms. The van der Waals surface area contributed by atoms with Crippen LogP contribution in [-0.2, 0) is 4.79 Å². The van der Waals surface area contributed by atoms with Crippen LogP contribution in [0.3, 0.4) is 0 Å². The molecule has 0 aliphatic heterocycles. The minimum absolute atomic E-state index is 0.144. The van der Waals surface area contributed by atoms with Crippen molar-refractivity contribution in [3.63, 3.8) is 0 Å². The van der Waals surface area contributed by atoms with Crippen molar-refractivity contribution in [3.8, 4) is 11.3 Å². The Labute approximate surface area is 147 Å². The van der Waals surface area contributed by atoms with Crippen LogP contribution in [0.25, 0.3) is 11.3 Å². The zero-order valence-electron chi connectivity index (χ0n) is 12.1. The molecule has 0 fully saturated rings. The number of aromatic nitrogens is 1. The minimum atomic E-state index is -1.31. The van der Waals surface area contributed by atoms with Crippen LogP contribution in [0.15, 0.2) is 18.2 Å². The van der Waals surface area contributed by atoms with Crippen molar-refractivity contribution in [2.75, 3.05) is 5.32 Å². The standard InChI is InChI=1S/C15H11Cl3N2O3/c1-6-9(16)4-3-8(12(6)17)10-5-11(19-7(2)21)13(18)14(20-10)15(22)23/h3-5H,1-2H3,(H,22,23)(H,19,20,21). The van der Waals surface area contributed by atoms with Gasteiger partial charge in [0.25, 0.3) is 0 Å². The molecule has 2 rings (SSSR count). The van der Waals surface area contributed by atoms with E-state index in [1.807, 2.05) is 0 Å². The molecule has 0 atom stereocenters. The maximum atomic E-state index is 11.3. The van der Waals surface area contributed by atoms with E-state index in [0.717, 1.165) is 0 Å². The first-order chi connectivity index (χ1) is 10.7. The van der Waals surface area contributed by atoms with Gasteiger partial charge in [0, 0.05) is 17.5 Å². The molecule has 23 heavy (non-hydrogen) atoms. The summed E-state index contributed by atoms with van der Waals surface area (Å²) in [5.41, 5.74) is 1.15. The number of rotatable bonds is 3. The summed E-state index contributed by atoms with van der Waals surface area (Å²) in [5.74, 6) is -1.70. The number of pyridine rings is 1. The summed E-state index contributed by atoms with van der Waals surface area (Å²) in [6, 6.07) is 4.72. The lowest BCUT2D eigenvalue weighted by molar-refractivity contribution is -0.114. The molecule has 1 amide bonds. The number of benzene rings is 1. The molecule has 2 N–H and O–H groups in total. The van der Waals surface area contributed by atoms with Crippen molar-refractivity contribution >= 4 is 52.4 Å². The van der Waals surface area contributed by atoms with Gasteiger partial charge in [-0.25, -0.2) is 9.78 Å². The van der Waals surface area contributed by atoms with Crippen LogP contribution in [0, 0.1) is 6.92 Å². The SMILES string of the molecule is CC(=O)Nc1cc(-c2ccc(Cl)c(C)c2Cl)nc(C(=O)O)c1Cl. The highest BCUT2D eigenvalue weighted by Crippen LogP contribution is 2.36. The van der Waals surface area contributed by atoms with Gasteiger partial charge >= 0.3 is 5.97 Å². The Kier molecular flexibility index (Phi) is 5.14. The van der Waals surface area contributed by atoms with Crippen LogP contribution in [0.1, 0.15) is 23.0 Å². The largest absolute Gasteiger partial charge is 0.476 e. The van der Waals surface area contributed by atoms with Gasteiger partial charge in [0.15, 0.2) is 5.69 Å². The number of anilines is 1. The van der Waals surface area contributed by atoms with Crippen molar-refractivity contribution in [1.29, 1.82) is 0 Å². The zero-order valence-corrected chi connectivity index (χ0v) is 14.3. The number of nitrogens with one attached hydrogen (secondary N) is 1. The molecule has 0 bridgehead atoms. The predicted octanol–water partition coefficient (Wildman–Crippen LogP) is 4.67. The van der Waals surface area contributed by atoms with Gasteiger partial charge in [0.2, 0.25) is 5.91 Å². The molecule has 1 aromatic heterocycles. The van der Waals surface area contributed by atoms with Crippen molar-refractivity contribution in [1.82, 2.24) is 4.98 Å². The van der Waals surface area contributed by atoms with E-state index in [9.17, 15) is 14.7 Å². The first kappa shape index (κ1) is 17.5. The van der Waals surface area contributed by atoms with Gasteiger partial charge in [-0.3, -0.25) is 4.79 Å². The van der Waals surface area contributed by atoms with E-state index in [4.69, 9.17) is 34.8 Å². The second kappa shape index (κ2) is 6.74. The number of amides is 1. The Morgan fingerprint density at radius 2 is 1.83 bits per heavy atom. The lowest BCUT2D eigenvalue weighted by Crippen LogP contribution is -2.10. The Balaban J connectivity index is 2.72. The molecule has 0 saturated carbocycles. The summed E-state index contributed by atoms with van der Waals surface area (Å²) in [7, 11) is 0. The Hall–Kier alpha value is -1.82. The van der Waals surface area contributed by atoms with E-state index < -0.39 is 11.9 Å². The first-order valence-electron chi connectivity index (χ1n) is 6.38. The third-order valence-electron chi connectivity index (χ3n) is 3.07. The fourth-order valence-electron chi connectivity index (χ4n) is 1.95. The molecule has 0 radical (unpaired) electrons. The summed E-state index contributed by atoms with van der Waals surface area (Å²) < 4.78 is 0. The molecule has 2 aromatic rings. The molecule has 0 saturated heterocycles. The Bertz CT molecular complexity index is 822. The van der Waals surface area contributed by atoms with Crippen molar-refractivity contribution in [2.24, 2.45) is 0 Å². The van der Waals surface area contributed by atoms with E-state index in [0.29, 0.717) is 21.2 Å². The van der Waals surface area contributed by atoms with Crippen LogP contribution in [0.5, 0.6) is 0 Å². The number of carbonyl (C=O) groups excluding carboxylic acids is 1. The topological polar surface area (TPSA) is 79.3 Å². The molecule has 120 valence electrons. The number of aromatic carboxylic acids is 1. The summed E-state index contributed by atoms with van der Waals surface area (Å²) in [6.45, 7) is 3.02. The number of carboxylic acids is 1. The van der Waals surface area contributed by atoms with Gasteiger partial charge in [0.1, 0.15) is 0 Å². The molecule has 8 heteroatoms. The summed E-state index contributed by atoms with van der Waals surface area (Å²) in [6.07, 6.45) is 0. The third kappa shape index (κ3) is 3.58. The summed E-state index contributed by atoms with van der Waals surface area (Å²) in [5, 5.41) is 12.4. The van der Waals surface area contributed by atoms with E-state index in [1.54, 1.807) is 19.1 Å². The maximum absolute atomic E-state index is 11.3. The monoisotopic (exact) mass is 372 g/mol. The van der Waals surface area contributed by atoms with Gasteiger partial charge in [0.05, 0.1) is 21.4 Å². The third-order valence-corrected chi connectivity index (χ3v) is 4.35. The Morgan fingerprint density at radius 3 is 2.39 bits per heavy atom. The van der Waals surface area contributed by atoms with Gasteiger partial charge < -0.3 is 10.4 Å². The van der Waals surface area contributed by atoms with Crippen LogP contribution < -0.4 is 5.32 Å². The van der Waals surface area contributed by atoms with Crippen LogP contribution in [0.2, 0.25) is 15.1 Å². The molecular formula is C15H11Cl3N2O3. The number of halogens is 3. The molecule has 0 aliphatic rings. The van der Waals surface area contributed by atoms with Gasteiger partial charge in [-0.15, -0.1) is 0 Å².